The summed E-state index contributed by atoms with van der Waals surface area (Å²) in [7, 11) is 0. The van der Waals surface area contributed by atoms with E-state index in [0.717, 1.165) is 16.6 Å². The summed E-state index contributed by atoms with van der Waals surface area (Å²) in [4.78, 5) is 0. The van der Waals surface area contributed by atoms with Crippen LogP contribution in [0.25, 0.3) is 98.4 Å². The van der Waals surface area contributed by atoms with Crippen molar-refractivity contribution in [1.29, 1.82) is 0 Å². The summed E-state index contributed by atoms with van der Waals surface area (Å²) in [6, 6.07) is 61.6. The van der Waals surface area contributed by atoms with Gasteiger partial charge in [0.05, 0.1) is 0 Å². The molecule has 0 saturated heterocycles. The first-order valence-electron chi connectivity index (χ1n) is 16.2. The predicted molar refractivity (Wildman–Crippen MR) is 200 cm³/mol. The van der Waals surface area contributed by atoms with E-state index in [1.807, 2.05) is 0 Å². The third kappa shape index (κ3) is 3.97. The Kier molecular flexibility index (Phi) is 5.64. The summed E-state index contributed by atoms with van der Waals surface area (Å²) in [5.41, 5.74) is 9.24. The standard InChI is InChI=1S/C46H28O/c1-2-12-29(13-3-1)39-26-31-15-4-5-16-32(31)27-40(39)45-37-20-10-8-18-35(37)44(36-19-9-11-21-38(36)45)33-23-24-42-41(28-33)46-34-17-7-6-14-30(34)22-25-43(46)47-42/h1-28H. The second-order valence-electron chi connectivity index (χ2n) is 12.4. The van der Waals surface area contributed by atoms with E-state index < -0.39 is 0 Å². The molecule has 0 N–H and O–H groups in total. The van der Waals surface area contributed by atoms with E-state index in [1.165, 1.54) is 81.9 Å². The summed E-state index contributed by atoms with van der Waals surface area (Å²) in [5.74, 6) is 0. The maximum absolute atomic E-state index is 6.39. The first-order valence-corrected chi connectivity index (χ1v) is 16.2. The van der Waals surface area contributed by atoms with Gasteiger partial charge in [0.15, 0.2) is 0 Å². The van der Waals surface area contributed by atoms with Crippen LogP contribution in [-0.4, -0.2) is 0 Å². The second-order valence-corrected chi connectivity index (χ2v) is 12.4. The molecular weight excluding hydrogens is 569 g/mol. The highest BCUT2D eigenvalue weighted by Gasteiger charge is 2.20. The van der Waals surface area contributed by atoms with Crippen molar-refractivity contribution in [3.05, 3.63) is 170 Å². The monoisotopic (exact) mass is 596 g/mol. The number of furan rings is 1. The molecule has 10 aromatic rings. The van der Waals surface area contributed by atoms with E-state index in [2.05, 4.69) is 170 Å². The van der Waals surface area contributed by atoms with Gasteiger partial charge in [0.1, 0.15) is 11.2 Å². The van der Waals surface area contributed by atoms with Crippen molar-refractivity contribution in [2.75, 3.05) is 0 Å². The molecule has 1 nitrogen and oxygen atoms in total. The summed E-state index contributed by atoms with van der Waals surface area (Å²) in [5, 5.41) is 12.2. The molecule has 0 bridgehead atoms. The van der Waals surface area contributed by atoms with Crippen LogP contribution >= 0.6 is 0 Å². The van der Waals surface area contributed by atoms with Crippen LogP contribution in [0.15, 0.2) is 174 Å². The van der Waals surface area contributed by atoms with Gasteiger partial charge in [0.25, 0.3) is 0 Å². The molecule has 0 aliphatic rings. The lowest BCUT2D eigenvalue weighted by Crippen LogP contribution is -1.93. The van der Waals surface area contributed by atoms with E-state index in [1.54, 1.807) is 0 Å². The van der Waals surface area contributed by atoms with Crippen molar-refractivity contribution in [1.82, 2.24) is 0 Å². The van der Waals surface area contributed by atoms with Crippen molar-refractivity contribution in [3.8, 4) is 33.4 Å². The number of fused-ring (bicyclic) bond motifs is 8. The van der Waals surface area contributed by atoms with Crippen LogP contribution in [0, 0.1) is 0 Å². The Balaban J connectivity index is 1.32. The molecule has 10 rings (SSSR count). The van der Waals surface area contributed by atoms with Gasteiger partial charge in [-0.2, -0.15) is 0 Å². The zero-order chi connectivity index (χ0) is 30.9. The van der Waals surface area contributed by atoms with E-state index in [-0.39, 0.29) is 0 Å². The van der Waals surface area contributed by atoms with Gasteiger partial charge in [0.2, 0.25) is 0 Å². The minimum atomic E-state index is 0.911. The number of rotatable bonds is 3. The molecule has 0 radical (unpaired) electrons. The molecule has 0 atom stereocenters. The van der Waals surface area contributed by atoms with E-state index >= 15 is 0 Å². The molecule has 0 unspecified atom stereocenters. The molecule has 0 aliphatic heterocycles. The number of benzene rings is 9. The van der Waals surface area contributed by atoms with Gasteiger partial charge in [-0.15, -0.1) is 0 Å². The Morgan fingerprint density at radius 3 is 1.51 bits per heavy atom. The normalized spacial score (nSPS) is 11.8. The number of hydrogen-bond donors (Lipinski definition) is 0. The molecule has 9 aromatic carbocycles. The number of hydrogen-bond acceptors (Lipinski definition) is 1. The molecule has 218 valence electrons. The first-order chi connectivity index (χ1) is 23.3. The lowest BCUT2D eigenvalue weighted by molar-refractivity contribution is 0.669. The fourth-order valence-electron chi connectivity index (χ4n) is 7.74. The molecular formula is C46H28O. The predicted octanol–water partition coefficient (Wildman–Crippen LogP) is 13.2. The molecule has 0 saturated carbocycles. The van der Waals surface area contributed by atoms with Crippen LogP contribution in [0.4, 0.5) is 0 Å². The Bertz CT molecular complexity index is 2780. The van der Waals surface area contributed by atoms with Crippen LogP contribution in [-0.2, 0) is 0 Å². The van der Waals surface area contributed by atoms with Gasteiger partial charge < -0.3 is 4.42 Å². The smallest absolute Gasteiger partial charge is 0.136 e. The Hall–Kier alpha value is -6.18. The minimum Gasteiger partial charge on any atom is -0.456 e. The van der Waals surface area contributed by atoms with Gasteiger partial charge in [0, 0.05) is 10.8 Å². The van der Waals surface area contributed by atoms with Gasteiger partial charge in [-0.25, -0.2) is 0 Å². The third-order valence-electron chi connectivity index (χ3n) is 9.82. The van der Waals surface area contributed by atoms with E-state index in [9.17, 15) is 0 Å². The highest BCUT2D eigenvalue weighted by atomic mass is 16.3. The van der Waals surface area contributed by atoms with Crippen LogP contribution < -0.4 is 0 Å². The lowest BCUT2D eigenvalue weighted by Gasteiger charge is -2.20. The Morgan fingerprint density at radius 2 is 0.830 bits per heavy atom. The minimum absolute atomic E-state index is 0.911. The summed E-state index contributed by atoms with van der Waals surface area (Å²) in [6.45, 7) is 0. The molecule has 1 heterocycles. The summed E-state index contributed by atoms with van der Waals surface area (Å²) in [6.07, 6.45) is 0. The fourth-order valence-corrected chi connectivity index (χ4v) is 7.74. The summed E-state index contributed by atoms with van der Waals surface area (Å²) >= 11 is 0. The van der Waals surface area contributed by atoms with Crippen LogP contribution in [0.2, 0.25) is 0 Å². The van der Waals surface area contributed by atoms with Crippen molar-refractivity contribution < 1.29 is 4.42 Å². The van der Waals surface area contributed by atoms with Gasteiger partial charge >= 0.3 is 0 Å². The SMILES string of the molecule is c1ccc(-c2cc3ccccc3cc2-c2c3ccccc3c(-c3ccc4oc5ccc6ccccc6c5c4c3)c3ccccc23)cc1. The highest BCUT2D eigenvalue weighted by Crippen LogP contribution is 2.48. The average Bonchev–Trinajstić information content (AvgIpc) is 3.52. The highest BCUT2D eigenvalue weighted by molar-refractivity contribution is 6.24. The van der Waals surface area contributed by atoms with E-state index in [0.29, 0.717) is 0 Å². The molecule has 0 amide bonds. The lowest BCUT2D eigenvalue weighted by atomic mass is 9.83. The fraction of sp³-hybridized carbons (Fsp3) is 0. The zero-order valence-electron chi connectivity index (χ0n) is 25.6. The van der Waals surface area contributed by atoms with Gasteiger partial charge in [-0.05, 0) is 107 Å². The quantitative estimate of drug-likeness (QED) is 0.185. The Morgan fingerprint density at radius 1 is 0.298 bits per heavy atom. The van der Waals surface area contributed by atoms with Crippen molar-refractivity contribution >= 4 is 65.0 Å². The molecule has 1 aromatic heterocycles. The molecule has 0 fully saturated rings. The van der Waals surface area contributed by atoms with Crippen molar-refractivity contribution in [2.45, 2.75) is 0 Å². The van der Waals surface area contributed by atoms with Crippen LogP contribution in [0.3, 0.4) is 0 Å². The molecule has 1 heteroatoms. The largest absolute Gasteiger partial charge is 0.456 e. The topological polar surface area (TPSA) is 13.1 Å². The van der Waals surface area contributed by atoms with Crippen LogP contribution in [0.5, 0.6) is 0 Å². The first kappa shape index (κ1) is 26.1. The van der Waals surface area contributed by atoms with Gasteiger partial charge in [-0.1, -0.05) is 140 Å². The summed E-state index contributed by atoms with van der Waals surface area (Å²) < 4.78 is 6.39. The van der Waals surface area contributed by atoms with Gasteiger partial charge in [-0.3, -0.25) is 0 Å². The maximum Gasteiger partial charge on any atom is 0.136 e. The maximum atomic E-state index is 6.39. The van der Waals surface area contributed by atoms with Crippen LogP contribution in [0.1, 0.15) is 0 Å². The third-order valence-corrected chi connectivity index (χ3v) is 9.82. The second kappa shape index (κ2) is 10.2. The molecule has 0 spiro atoms. The zero-order valence-corrected chi connectivity index (χ0v) is 25.6. The molecule has 0 aliphatic carbocycles. The Labute approximate surface area is 271 Å². The average molecular weight is 597 g/mol. The molecule has 47 heavy (non-hydrogen) atoms. The van der Waals surface area contributed by atoms with Crippen molar-refractivity contribution in [3.63, 3.8) is 0 Å². The van der Waals surface area contributed by atoms with Crippen molar-refractivity contribution in [2.24, 2.45) is 0 Å². The van der Waals surface area contributed by atoms with E-state index in [4.69, 9.17) is 4.42 Å².